The third-order valence-electron chi connectivity index (χ3n) is 3.59. The molecule has 1 amide bonds. The minimum atomic E-state index is -0.454. The Morgan fingerprint density at radius 2 is 2.00 bits per heavy atom. The van der Waals surface area contributed by atoms with Crippen LogP contribution in [0.5, 0.6) is 0 Å². The molecule has 1 aliphatic carbocycles. The van der Waals surface area contributed by atoms with Gasteiger partial charge < -0.3 is 19.8 Å². The number of amides is 1. The van der Waals surface area contributed by atoms with Crippen molar-refractivity contribution in [1.82, 2.24) is 15.1 Å². The first-order valence-corrected chi connectivity index (χ1v) is 6.42. The smallest absolute Gasteiger partial charge is 0.410 e. The number of nitrogen functional groups attached to an aromatic ring is 1. The number of ether oxygens (including phenoxy) is 1. The van der Waals surface area contributed by atoms with E-state index < -0.39 is 5.60 Å². The molecule has 1 aromatic heterocycles. The predicted octanol–water partition coefficient (Wildman–Crippen LogP) is 1.23. The molecule has 0 radical (unpaired) electrons. The lowest BCUT2D eigenvalue weighted by molar-refractivity contribution is 0.0269. The highest BCUT2D eigenvalue weighted by atomic mass is 16.6. The number of hydrogen-bond donors (Lipinski definition) is 1. The molecule has 0 bridgehead atoms. The number of nitrogens with two attached hydrogens (primary N) is 1. The summed E-state index contributed by atoms with van der Waals surface area (Å²) in [7, 11) is 0. The second kappa shape index (κ2) is 3.85. The van der Waals surface area contributed by atoms with Crippen molar-refractivity contribution in [2.75, 3.05) is 18.8 Å². The van der Waals surface area contributed by atoms with Crippen LogP contribution < -0.4 is 5.73 Å². The van der Waals surface area contributed by atoms with E-state index in [-0.39, 0.29) is 18.0 Å². The van der Waals surface area contributed by atoms with Gasteiger partial charge in [-0.25, -0.2) is 4.79 Å². The molecule has 0 aromatic carbocycles. The van der Waals surface area contributed by atoms with Crippen molar-refractivity contribution >= 4 is 12.1 Å². The zero-order valence-electron chi connectivity index (χ0n) is 11.3. The highest BCUT2D eigenvalue weighted by Gasteiger charge is 2.60. The van der Waals surface area contributed by atoms with E-state index in [0.29, 0.717) is 30.8 Å². The first-order valence-electron chi connectivity index (χ1n) is 6.42. The van der Waals surface area contributed by atoms with E-state index in [9.17, 15) is 4.79 Å². The maximum absolute atomic E-state index is 11.9. The average Bonchev–Trinajstić information content (AvgIpc) is 2.67. The molecule has 1 aliphatic heterocycles. The summed E-state index contributed by atoms with van der Waals surface area (Å²) < 4.78 is 10.6. The summed E-state index contributed by atoms with van der Waals surface area (Å²) in [5.74, 6) is 1.64. The summed E-state index contributed by atoms with van der Waals surface area (Å²) in [6.45, 7) is 6.97. The van der Waals surface area contributed by atoms with Crippen molar-refractivity contribution in [3.8, 4) is 0 Å². The van der Waals surface area contributed by atoms with Gasteiger partial charge in [-0.05, 0) is 32.6 Å². The number of fused-ring (bicyclic) bond motifs is 1. The van der Waals surface area contributed by atoms with Gasteiger partial charge in [0.1, 0.15) is 5.60 Å². The zero-order valence-corrected chi connectivity index (χ0v) is 11.3. The molecule has 2 fully saturated rings. The van der Waals surface area contributed by atoms with Gasteiger partial charge in [-0.1, -0.05) is 5.10 Å². The van der Waals surface area contributed by atoms with Crippen LogP contribution >= 0.6 is 0 Å². The van der Waals surface area contributed by atoms with Gasteiger partial charge in [0.25, 0.3) is 0 Å². The van der Waals surface area contributed by atoms with Crippen LogP contribution in [-0.4, -0.2) is 39.9 Å². The van der Waals surface area contributed by atoms with Crippen LogP contribution in [0.1, 0.15) is 32.6 Å². The number of nitrogens with zero attached hydrogens (tertiary/aromatic N) is 3. The van der Waals surface area contributed by atoms with E-state index in [4.69, 9.17) is 14.9 Å². The number of likely N-dealkylation sites (tertiary alicyclic amines) is 1. The fourth-order valence-electron chi connectivity index (χ4n) is 2.75. The number of carbonyl (C=O) groups is 1. The van der Waals surface area contributed by atoms with Crippen LogP contribution in [0, 0.1) is 11.8 Å². The van der Waals surface area contributed by atoms with Crippen molar-refractivity contribution in [1.29, 1.82) is 0 Å². The van der Waals surface area contributed by atoms with Gasteiger partial charge in [0, 0.05) is 19.0 Å². The number of piperidine rings is 1. The number of aromatic nitrogens is 2. The lowest BCUT2D eigenvalue weighted by atomic mass is 10.2. The van der Waals surface area contributed by atoms with Crippen LogP contribution in [0.3, 0.4) is 0 Å². The number of anilines is 1. The lowest BCUT2D eigenvalue weighted by Gasteiger charge is -2.25. The summed E-state index contributed by atoms with van der Waals surface area (Å²) in [4.78, 5) is 13.7. The van der Waals surface area contributed by atoms with E-state index in [2.05, 4.69) is 10.2 Å². The highest BCUT2D eigenvalue weighted by molar-refractivity contribution is 5.69. The van der Waals surface area contributed by atoms with Crippen molar-refractivity contribution in [2.24, 2.45) is 11.8 Å². The minimum Gasteiger partial charge on any atom is -0.444 e. The Bertz CT molecular complexity index is 495. The number of hydrogen-bond acceptors (Lipinski definition) is 6. The van der Waals surface area contributed by atoms with E-state index in [1.807, 2.05) is 20.8 Å². The molecule has 7 nitrogen and oxygen atoms in total. The summed E-state index contributed by atoms with van der Waals surface area (Å²) in [5, 5.41) is 7.58. The quantitative estimate of drug-likeness (QED) is 0.821. The second-order valence-corrected chi connectivity index (χ2v) is 6.22. The molecule has 1 saturated heterocycles. The van der Waals surface area contributed by atoms with E-state index in [1.54, 1.807) is 4.90 Å². The van der Waals surface area contributed by atoms with Crippen molar-refractivity contribution < 1.29 is 13.9 Å². The third-order valence-corrected chi connectivity index (χ3v) is 3.59. The first kappa shape index (κ1) is 12.3. The summed E-state index contributed by atoms with van der Waals surface area (Å²) in [6, 6.07) is 0.101. The number of rotatable bonds is 1. The Morgan fingerprint density at radius 3 is 2.47 bits per heavy atom. The van der Waals surface area contributed by atoms with Gasteiger partial charge in [-0.2, -0.15) is 0 Å². The van der Waals surface area contributed by atoms with Gasteiger partial charge in [-0.3, -0.25) is 0 Å². The van der Waals surface area contributed by atoms with E-state index >= 15 is 0 Å². The largest absolute Gasteiger partial charge is 0.444 e. The van der Waals surface area contributed by atoms with Gasteiger partial charge in [0.2, 0.25) is 5.89 Å². The van der Waals surface area contributed by atoms with Crippen molar-refractivity contribution in [3.05, 3.63) is 5.89 Å². The SMILES string of the molecule is CC(C)(C)OC(=O)N1C[C@@H]2C(c3nnc(N)o3)[C@@H]2C1. The van der Waals surface area contributed by atoms with Crippen molar-refractivity contribution in [3.63, 3.8) is 0 Å². The minimum absolute atomic E-state index is 0.101. The van der Waals surface area contributed by atoms with Gasteiger partial charge >= 0.3 is 12.1 Å². The zero-order chi connectivity index (χ0) is 13.8. The maximum Gasteiger partial charge on any atom is 0.410 e. The van der Waals surface area contributed by atoms with E-state index in [0.717, 1.165) is 0 Å². The average molecular weight is 266 g/mol. The summed E-state index contributed by atoms with van der Waals surface area (Å²) >= 11 is 0. The Balaban J connectivity index is 1.57. The standard InChI is InChI=1S/C12H18N4O3/c1-12(2,3)19-11(17)16-4-6-7(5-16)8(6)9-14-15-10(13)18-9/h6-8H,4-5H2,1-3H3,(H2,13,15)/t6-,7+,8?. The lowest BCUT2D eigenvalue weighted by Crippen LogP contribution is -2.36. The Hall–Kier alpha value is -1.79. The molecule has 1 aromatic rings. The molecular weight excluding hydrogens is 248 g/mol. The summed E-state index contributed by atoms with van der Waals surface area (Å²) in [5.41, 5.74) is 4.96. The maximum atomic E-state index is 11.9. The second-order valence-electron chi connectivity index (χ2n) is 6.22. The Kier molecular flexibility index (Phi) is 2.48. The van der Waals surface area contributed by atoms with Crippen LogP contribution in [0.25, 0.3) is 0 Å². The predicted molar refractivity (Wildman–Crippen MR) is 66.2 cm³/mol. The van der Waals surface area contributed by atoms with Gasteiger partial charge in [0.15, 0.2) is 0 Å². The van der Waals surface area contributed by atoms with E-state index in [1.165, 1.54) is 0 Å². The highest BCUT2D eigenvalue weighted by Crippen LogP contribution is 2.57. The van der Waals surface area contributed by atoms with Crippen LogP contribution in [-0.2, 0) is 4.74 Å². The normalized spacial score (nSPS) is 29.2. The van der Waals surface area contributed by atoms with Crippen LogP contribution in [0.15, 0.2) is 4.42 Å². The Labute approximate surface area is 111 Å². The monoisotopic (exact) mass is 266 g/mol. The molecule has 0 spiro atoms. The molecule has 104 valence electrons. The molecule has 1 saturated carbocycles. The molecule has 7 heteroatoms. The third kappa shape index (κ3) is 2.24. The van der Waals surface area contributed by atoms with Gasteiger partial charge in [-0.15, -0.1) is 5.10 Å². The Morgan fingerprint density at radius 1 is 1.37 bits per heavy atom. The molecule has 3 atom stereocenters. The van der Waals surface area contributed by atoms with Gasteiger partial charge in [0.05, 0.1) is 0 Å². The fraction of sp³-hybridized carbons (Fsp3) is 0.750. The molecule has 1 unspecified atom stereocenters. The molecule has 19 heavy (non-hydrogen) atoms. The number of carbonyl (C=O) groups excluding carboxylic acids is 1. The fourth-order valence-corrected chi connectivity index (χ4v) is 2.75. The topological polar surface area (TPSA) is 94.5 Å². The molecule has 2 heterocycles. The van der Waals surface area contributed by atoms with Crippen LogP contribution in [0.4, 0.5) is 10.8 Å². The molecule has 2 N–H and O–H groups in total. The summed E-state index contributed by atoms with van der Waals surface area (Å²) in [6.07, 6.45) is -0.247. The molecular formula is C12H18N4O3. The van der Waals surface area contributed by atoms with Crippen molar-refractivity contribution in [2.45, 2.75) is 32.3 Å². The first-order chi connectivity index (χ1) is 8.85. The van der Waals surface area contributed by atoms with Crippen LogP contribution in [0.2, 0.25) is 0 Å². The molecule has 2 aliphatic rings. The molecule has 3 rings (SSSR count).